The highest BCUT2D eigenvalue weighted by molar-refractivity contribution is 6.01. The first-order valence-corrected chi connectivity index (χ1v) is 13.8. The van der Waals surface area contributed by atoms with Crippen molar-refractivity contribution < 1.29 is 23.9 Å². The number of carbonyl (C=O) groups excluding carboxylic acids is 3. The number of amidine groups is 1. The minimum atomic E-state index is -0.847. The number of amides is 3. The second-order valence-electron chi connectivity index (χ2n) is 11.2. The molecule has 1 aromatic carbocycles. The third kappa shape index (κ3) is 6.08. The van der Waals surface area contributed by atoms with E-state index in [1.165, 1.54) is 0 Å². The van der Waals surface area contributed by atoms with Crippen LogP contribution in [0.25, 0.3) is 10.9 Å². The van der Waals surface area contributed by atoms with Gasteiger partial charge < -0.3 is 30.4 Å². The van der Waals surface area contributed by atoms with Crippen LogP contribution >= 0.6 is 0 Å². The number of nitrogens with one attached hydrogen (secondary N) is 5. The lowest BCUT2D eigenvalue weighted by Crippen LogP contribution is -2.55. The summed E-state index contributed by atoms with van der Waals surface area (Å²) in [7, 11) is 1.57. The molecule has 2 saturated heterocycles. The topological polar surface area (TPSA) is 149 Å². The van der Waals surface area contributed by atoms with Gasteiger partial charge in [-0.1, -0.05) is 19.9 Å². The van der Waals surface area contributed by atoms with Crippen LogP contribution in [0.5, 0.6) is 5.75 Å². The van der Waals surface area contributed by atoms with Crippen LogP contribution in [0.1, 0.15) is 57.4 Å². The Hall–Kier alpha value is -4.02. The van der Waals surface area contributed by atoms with Crippen LogP contribution in [0.15, 0.2) is 36.7 Å². The zero-order valence-electron chi connectivity index (χ0n) is 23.8. The molecule has 0 bridgehead atoms. The van der Waals surface area contributed by atoms with Gasteiger partial charge in [0.1, 0.15) is 23.3 Å². The fourth-order valence-electron chi connectivity index (χ4n) is 5.45. The Morgan fingerprint density at radius 1 is 1.25 bits per heavy atom. The summed E-state index contributed by atoms with van der Waals surface area (Å²) >= 11 is 0. The molecule has 3 amide bonds. The van der Waals surface area contributed by atoms with Gasteiger partial charge in [0.15, 0.2) is 12.0 Å². The van der Waals surface area contributed by atoms with Crippen LogP contribution in [0.4, 0.5) is 0 Å². The standard InChI is InChI=1S/C29H40N6O5/c1-15(2)12-22(34-29(38)23-14-19-20(32-23)8-7-9-24(19)39-6)28(37)33-21(13-18-10-11-31-27(18)36)25-26(30)35(16(3)4)17(5)40-25/h7-9,14-16,18,21-22,25,30,32H,5,10-13H2,1-4,6H3,(H,31,36)(H,33,37)(H,34,38)/t18-,21-,22-,25?/m0/s1. The largest absolute Gasteiger partial charge is 0.496 e. The molecule has 2 aliphatic heterocycles. The molecule has 5 N–H and O–H groups in total. The van der Waals surface area contributed by atoms with Crippen LogP contribution in [0.3, 0.4) is 0 Å². The van der Waals surface area contributed by atoms with E-state index in [1.54, 1.807) is 18.1 Å². The monoisotopic (exact) mass is 552 g/mol. The molecule has 0 saturated carbocycles. The Balaban J connectivity index is 1.55. The molecular weight excluding hydrogens is 512 g/mol. The van der Waals surface area contributed by atoms with E-state index in [1.807, 2.05) is 45.9 Å². The Labute approximate surface area is 234 Å². The Morgan fingerprint density at radius 2 is 2.00 bits per heavy atom. The van der Waals surface area contributed by atoms with Crippen LogP contribution in [-0.4, -0.2) is 71.3 Å². The third-order valence-corrected chi connectivity index (χ3v) is 7.39. The van der Waals surface area contributed by atoms with E-state index in [9.17, 15) is 14.4 Å². The number of hydrogen-bond acceptors (Lipinski definition) is 6. The third-order valence-electron chi connectivity index (χ3n) is 7.39. The first kappa shape index (κ1) is 29.0. The van der Waals surface area contributed by atoms with Gasteiger partial charge in [0.2, 0.25) is 11.8 Å². The molecule has 2 fully saturated rings. The molecule has 216 valence electrons. The summed E-state index contributed by atoms with van der Waals surface area (Å²) in [6.07, 6.45) is 0.527. The number of hydrogen-bond donors (Lipinski definition) is 5. The van der Waals surface area contributed by atoms with Crippen molar-refractivity contribution in [2.24, 2.45) is 11.8 Å². The number of benzene rings is 1. The van der Waals surface area contributed by atoms with E-state index < -0.39 is 30.0 Å². The van der Waals surface area contributed by atoms with E-state index >= 15 is 0 Å². The minimum Gasteiger partial charge on any atom is -0.496 e. The van der Waals surface area contributed by atoms with Crippen molar-refractivity contribution in [3.8, 4) is 5.75 Å². The van der Waals surface area contributed by atoms with Gasteiger partial charge in [-0.15, -0.1) is 0 Å². The Morgan fingerprint density at radius 3 is 2.60 bits per heavy atom. The van der Waals surface area contributed by atoms with E-state index in [0.717, 1.165) is 10.9 Å². The first-order chi connectivity index (χ1) is 19.0. The molecule has 0 aliphatic carbocycles. The highest BCUT2D eigenvalue weighted by Crippen LogP contribution is 2.29. The maximum Gasteiger partial charge on any atom is 0.268 e. The molecule has 4 atom stereocenters. The lowest BCUT2D eigenvalue weighted by atomic mass is 9.93. The van der Waals surface area contributed by atoms with Gasteiger partial charge in [0, 0.05) is 29.4 Å². The molecule has 1 aromatic heterocycles. The highest BCUT2D eigenvalue weighted by atomic mass is 16.5. The number of ether oxygens (including phenoxy) is 2. The van der Waals surface area contributed by atoms with Crippen molar-refractivity contribution in [2.45, 2.75) is 71.2 Å². The molecule has 4 rings (SSSR count). The average Bonchev–Trinajstić information content (AvgIpc) is 3.59. The van der Waals surface area contributed by atoms with Crippen LogP contribution in [0, 0.1) is 17.2 Å². The normalized spacial score (nSPS) is 20.6. The zero-order chi connectivity index (χ0) is 29.1. The molecule has 11 nitrogen and oxygen atoms in total. The number of aromatic amines is 1. The van der Waals surface area contributed by atoms with Crippen LogP contribution < -0.4 is 20.7 Å². The predicted octanol–water partition coefficient (Wildman–Crippen LogP) is 2.89. The number of fused-ring (bicyclic) bond motifs is 1. The Bertz CT molecular complexity index is 1300. The fourth-order valence-corrected chi connectivity index (χ4v) is 5.45. The second-order valence-corrected chi connectivity index (χ2v) is 11.2. The quantitative estimate of drug-likeness (QED) is 0.289. The molecule has 2 aliphatic rings. The summed E-state index contributed by atoms with van der Waals surface area (Å²) in [6.45, 7) is 12.3. The molecule has 0 radical (unpaired) electrons. The van der Waals surface area contributed by atoms with Gasteiger partial charge in [0.25, 0.3) is 5.91 Å². The highest BCUT2D eigenvalue weighted by Gasteiger charge is 2.43. The summed E-state index contributed by atoms with van der Waals surface area (Å²) in [5, 5.41) is 18.3. The minimum absolute atomic E-state index is 0.0564. The van der Waals surface area contributed by atoms with Crippen molar-refractivity contribution in [3.05, 3.63) is 42.4 Å². The summed E-state index contributed by atoms with van der Waals surface area (Å²) in [5.74, 6) is 0.0436. The van der Waals surface area contributed by atoms with Gasteiger partial charge in [0.05, 0.1) is 13.2 Å². The predicted molar refractivity (Wildman–Crippen MR) is 152 cm³/mol. The average molecular weight is 553 g/mol. The molecular formula is C29H40N6O5. The van der Waals surface area contributed by atoms with Gasteiger partial charge in [-0.25, -0.2) is 0 Å². The summed E-state index contributed by atoms with van der Waals surface area (Å²) in [4.78, 5) is 44.2. The summed E-state index contributed by atoms with van der Waals surface area (Å²) < 4.78 is 11.4. The van der Waals surface area contributed by atoms with Crippen molar-refractivity contribution >= 4 is 34.5 Å². The van der Waals surface area contributed by atoms with E-state index in [4.69, 9.17) is 14.9 Å². The number of methoxy groups -OCH3 is 1. The zero-order valence-corrected chi connectivity index (χ0v) is 23.8. The van der Waals surface area contributed by atoms with Gasteiger partial charge in [-0.05, 0) is 63.8 Å². The van der Waals surface area contributed by atoms with Gasteiger partial charge in [-0.2, -0.15) is 0 Å². The maximum atomic E-state index is 13.7. The lowest BCUT2D eigenvalue weighted by molar-refractivity contribution is -0.126. The SMILES string of the molecule is C=C1OC([C@H](C[C@@H]2CCNC2=O)NC(=O)[C@H](CC(C)C)NC(=O)c2cc3c(OC)cccc3[nH]2)C(=N)N1C(C)C. The smallest absolute Gasteiger partial charge is 0.268 e. The number of H-pyrrole nitrogens is 1. The number of aromatic nitrogens is 1. The van der Waals surface area contributed by atoms with Crippen molar-refractivity contribution in [3.63, 3.8) is 0 Å². The number of rotatable bonds is 11. The molecule has 1 unspecified atom stereocenters. The number of nitrogens with zero attached hydrogens (tertiary/aromatic N) is 1. The van der Waals surface area contributed by atoms with E-state index in [2.05, 4.69) is 27.5 Å². The van der Waals surface area contributed by atoms with Crippen molar-refractivity contribution in [1.82, 2.24) is 25.8 Å². The first-order valence-electron chi connectivity index (χ1n) is 13.8. The molecule has 0 spiro atoms. The second kappa shape index (κ2) is 12.0. The van der Waals surface area contributed by atoms with E-state index in [-0.39, 0.29) is 29.6 Å². The van der Waals surface area contributed by atoms with Crippen LogP contribution in [0.2, 0.25) is 0 Å². The molecule has 11 heteroatoms. The molecule has 2 aromatic rings. The maximum absolute atomic E-state index is 13.7. The van der Waals surface area contributed by atoms with Gasteiger partial charge in [-0.3, -0.25) is 24.7 Å². The van der Waals surface area contributed by atoms with Crippen molar-refractivity contribution in [1.29, 1.82) is 5.41 Å². The summed E-state index contributed by atoms with van der Waals surface area (Å²) in [6, 6.07) is 5.63. The Kier molecular flexibility index (Phi) is 8.70. The van der Waals surface area contributed by atoms with Gasteiger partial charge >= 0.3 is 0 Å². The lowest BCUT2D eigenvalue weighted by Gasteiger charge is -2.29. The number of carbonyl (C=O) groups is 3. The van der Waals surface area contributed by atoms with Crippen molar-refractivity contribution in [2.75, 3.05) is 13.7 Å². The summed E-state index contributed by atoms with van der Waals surface area (Å²) in [5.41, 5.74) is 1.06. The van der Waals surface area contributed by atoms with Crippen LogP contribution in [-0.2, 0) is 14.3 Å². The van der Waals surface area contributed by atoms with E-state index in [0.29, 0.717) is 43.1 Å². The fraction of sp³-hybridized carbons (Fsp3) is 0.517. The molecule has 3 heterocycles. The molecule has 40 heavy (non-hydrogen) atoms.